The molecule has 4 nitrogen and oxygen atoms in total. The molecular formula is C14H18N2O2. The van der Waals surface area contributed by atoms with Gasteiger partial charge in [-0.1, -0.05) is 13.8 Å². The van der Waals surface area contributed by atoms with Crippen molar-refractivity contribution >= 4 is 11.6 Å². The number of nitrogens with one attached hydrogen (secondary N) is 1. The zero-order valence-electron chi connectivity index (χ0n) is 11.0. The molecule has 96 valence electrons. The standard InChI is InChI=1S/C14H18N2O2/c1-4-14(5-2,10-15)13(17)16-11-6-8-12(18-3)9-7-11/h6-9H,4-5H2,1-3H3,(H,16,17). The number of ether oxygens (including phenoxy) is 1. The number of hydrogen-bond acceptors (Lipinski definition) is 3. The zero-order valence-corrected chi connectivity index (χ0v) is 11.0. The molecule has 0 aliphatic heterocycles. The Bertz CT molecular complexity index is 442. The van der Waals surface area contributed by atoms with Crippen LogP contribution >= 0.6 is 0 Å². The summed E-state index contributed by atoms with van der Waals surface area (Å²) in [5, 5.41) is 11.9. The van der Waals surface area contributed by atoms with Crippen LogP contribution in [0.5, 0.6) is 5.75 Å². The van der Waals surface area contributed by atoms with Crippen molar-refractivity contribution < 1.29 is 9.53 Å². The number of rotatable bonds is 5. The number of carbonyl (C=O) groups excluding carboxylic acids is 1. The van der Waals surface area contributed by atoms with Crippen LogP contribution in [0.4, 0.5) is 5.69 Å². The predicted octanol–water partition coefficient (Wildman–Crippen LogP) is 2.96. The number of anilines is 1. The maximum atomic E-state index is 12.1. The first kappa shape index (κ1) is 14.0. The van der Waals surface area contributed by atoms with Gasteiger partial charge in [-0.2, -0.15) is 5.26 Å². The molecule has 1 rings (SSSR count). The summed E-state index contributed by atoms with van der Waals surface area (Å²) in [5.41, 5.74) is -0.276. The Morgan fingerprint density at radius 2 is 1.89 bits per heavy atom. The highest BCUT2D eigenvalue weighted by Gasteiger charge is 2.34. The van der Waals surface area contributed by atoms with Crippen LogP contribution in [0.15, 0.2) is 24.3 Å². The first-order chi connectivity index (χ1) is 8.61. The van der Waals surface area contributed by atoms with Gasteiger partial charge in [0.05, 0.1) is 13.2 Å². The van der Waals surface area contributed by atoms with Gasteiger partial charge in [0.15, 0.2) is 0 Å². The summed E-state index contributed by atoms with van der Waals surface area (Å²) in [6, 6.07) is 9.16. The van der Waals surface area contributed by atoms with E-state index < -0.39 is 5.41 Å². The van der Waals surface area contributed by atoms with Gasteiger partial charge in [-0.15, -0.1) is 0 Å². The van der Waals surface area contributed by atoms with E-state index >= 15 is 0 Å². The number of hydrogen-bond donors (Lipinski definition) is 1. The molecule has 0 spiro atoms. The highest BCUT2D eigenvalue weighted by Crippen LogP contribution is 2.27. The summed E-state index contributed by atoms with van der Waals surface area (Å²) in [7, 11) is 1.59. The van der Waals surface area contributed by atoms with Crippen LogP contribution in [-0.2, 0) is 4.79 Å². The van der Waals surface area contributed by atoms with Crippen LogP contribution in [0.2, 0.25) is 0 Å². The number of carbonyl (C=O) groups is 1. The molecule has 18 heavy (non-hydrogen) atoms. The minimum atomic E-state index is -0.945. The molecule has 0 heterocycles. The number of benzene rings is 1. The molecule has 0 aliphatic rings. The molecule has 0 bridgehead atoms. The van der Waals surface area contributed by atoms with Crippen molar-refractivity contribution in [3.8, 4) is 11.8 Å². The quantitative estimate of drug-likeness (QED) is 0.868. The minimum absolute atomic E-state index is 0.250. The Balaban J connectivity index is 2.83. The van der Waals surface area contributed by atoms with E-state index in [-0.39, 0.29) is 5.91 Å². The smallest absolute Gasteiger partial charge is 0.244 e. The second kappa shape index (κ2) is 6.06. The summed E-state index contributed by atoms with van der Waals surface area (Å²) in [4.78, 5) is 12.1. The molecule has 0 radical (unpaired) electrons. The van der Waals surface area contributed by atoms with Crippen molar-refractivity contribution in [1.29, 1.82) is 5.26 Å². The highest BCUT2D eigenvalue weighted by atomic mass is 16.5. The van der Waals surface area contributed by atoms with Gasteiger partial charge >= 0.3 is 0 Å². The molecule has 4 heteroatoms. The van der Waals surface area contributed by atoms with Crippen LogP contribution < -0.4 is 10.1 Å². The number of nitrogens with zero attached hydrogens (tertiary/aromatic N) is 1. The molecular weight excluding hydrogens is 228 g/mol. The van der Waals surface area contributed by atoms with E-state index in [0.29, 0.717) is 18.5 Å². The zero-order chi connectivity index (χ0) is 13.6. The maximum absolute atomic E-state index is 12.1. The summed E-state index contributed by atoms with van der Waals surface area (Å²) in [6.07, 6.45) is 1.00. The Morgan fingerprint density at radius 3 is 2.28 bits per heavy atom. The molecule has 1 aromatic carbocycles. The van der Waals surface area contributed by atoms with Crippen molar-refractivity contribution in [1.82, 2.24) is 0 Å². The third-order valence-corrected chi connectivity index (χ3v) is 3.20. The third-order valence-electron chi connectivity index (χ3n) is 3.20. The van der Waals surface area contributed by atoms with Crippen molar-refractivity contribution in [3.05, 3.63) is 24.3 Å². The van der Waals surface area contributed by atoms with E-state index in [1.165, 1.54) is 0 Å². The monoisotopic (exact) mass is 246 g/mol. The van der Waals surface area contributed by atoms with Crippen molar-refractivity contribution in [3.63, 3.8) is 0 Å². The summed E-state index contributed by atoms with van der Waals surface area (Å²) in [5.74, 6) is 0.477. The van der Waals surface area contributed by atoms with Crippen LogP contribution in [0.1, 0.15) is 26.7 Å². The molecule has 0 aromatic heterocycles. The van der Waals surface area contributed by atoms with Gasteiger partial charge in [0.1, 0.15) is 11.2 Å². The lowest BCUT2D eigenvalue weighted by Gasteiger charge is -2.22. The van der Waals surface area contributed by atoms with Gasteiger partial charge in [-0.25, -0.2) is 0 Å². The molecule has 1 amide bonds. The van der Waals surface area contributed by atoms with Crippen LogP contribution in [0.3, 0.4) is 0 Å². The molecule has 0 aliphatic carbocycles. The fourth-order valence-corrected chi connectivity index (χ4v) is 1.71. The average Bonchev–Trinajstić information content (AvgIpc) is 2.42. The maximum Gasteiger partial charge on any atom is 0.244 e. The van der Waals surface area contributed by atoms with Gasteiger partial charge in [0.2, 0.25) is 5.91 Å². The molecule has 1 aromatic rings. The second-order valence-electron chi connectivity index (χ2n) is 4.08. The normalized spacial score (nSPS) is 10.6. The lowest BCUT2D eigenvalue weighted by Crippen LogP contribution is -2.33. The summed E-state index contributed by atoms with van der Waals surface area (Å²) >= 11 is 0. The van der Waals surface area contributed by atoms with Gasteiger partial charge in [0, 0.05) is 5.69 Å². The highest BCUT2D eigenvalue weighted by molar-refractivity contribution is 5.97. The molecule has 1 N–H and O–H groups in total. The molecule has 0 atom stereocenters. The van der Waals surface area contributed by atoms with Crippen molar-refractivity contribution in [2.24, 2.45) is 5.41 Å². The third kappa shape index (κ3) is 2.80. The van der Waals surface area contributed by atoms with E-state index in [4.69, 9.17) is 4.74 Å². The second-order valence-corrected chi connectivity index (χ2v) is 4.08. The van der Waals surface area contributed by atoms with Gasteiger partial charge < -0.3 is 10.1 Å². The Hall–Kier alpha value is -2.02. The Kier molecular flexibility index (Phi) is 4.73. The largest absolute Gasteiger partial charge is 0.497 e. The Morgan fingerprint density at radius 1 is 1.33 bits per heavy atom. The van der Waals surface area contributed by atoms with E-state index in [1.54, 1.807) is 31.4 Å². The van der Waals surface area contributed by atoms with E-state index in [0.717, 1.165) is 5.75 Å². The van der Waals surface area contributed by atoms with E-state index in [2.05, 4.69) is 11.4 Å². The molecule has 0 unspecified atom stereocenters. The minimum Gasteiger partial charge on any atom is -0.497 e. The fourth-order valence-electron chi connectivity index (χ4n) is 1.71. The fraction of sp³-hybridized carbons (Fsp3) is 0.429. The van der Waals surface area contributed by atoms with Crippen molar-refractivity contribution in [2.75, 3.05) is 12.4 Å². The molecule has 0 saturated carbocycles. The van der Waals surface area contributed by atoms with Crippen LogP contribution in [0, 0.1) is 16.7 Å². The van der Waals surface area contributed by atoms with Gasteiger partial charge in [-0.05, 0) is 37.1 Å². The molecule has 0 fully saturated rings. The first-order valence-corrected chi connectivity index (χ1v) is 5.98. The van der Waals surface area contributed by atoms with E-state index in [9.17, 15) is 10.1 Å². The molecule has 0 saturated heterocycles. The predicted molar refractivity (Wildman–Crippen MR) is 70.3 cm³/mol. The lowest BCUT2D eigenvalue weighted by atomic mass is 9.83. The van der Waals surface area contributed by atoms with Crippen molar-refractivity contribution in [2.45, 2.75) is 26.7 Å². The number of nitriles is 1. The first-order valence-electron chi connectivity index (χ1n) is 5.98. The summed E-state index contributed by atoms with van der Waals surface area (Å²) in [6.45, 7) is 3.70. The topological polar surface area (TPSA) is 62.1 Å². The Labute approximate surface area is 108 Å². The number of amides is 1. The van der Waals surface area contributed by atoms with Crippen LogP contribution in [0.25, 0.3) is 0 Å². The summed E-state index contributed by atoms with van der Waals surface area (Å²) < 4.78 is 5.04. The number of methoxy groups -OCH3 is 1. The van der Waals surface area contributed by atoms with Gasteiger partial charge in [0.25, 0.3) is 0 Å². The lowest BCUT2D eigenvalue weighted by molar-refractivity contribution is -0.123. The van der Waals surface area contributed by atoms with Gasteiger partial charge in [-0.3, -0.25) is 4.79 Å². The van der Waals surface area contributed by atoms with Crippen LogP contribution in [-0.4, -0.2) is 13.0 Å². The SMILES string of the molecule is CCC(C#N)(CC)C(=O)Nc1ccc(OC)cc1. The average molecular weight is 246 g/mol. The van der Waals surface area contributed by atoms with E-state index in [1.807, 2.05) is 13.8 Å².